The van der Waals surface area contributed by atoms with Gasteiger partial charge in [0, 0.05) is 6.54 Å². The van der Waals surface area contributed by atoms with Crippen LogP contribution in [0.5, 0.6) is 0 Å². The minimum absolute atomic E-state index is 0. The van der Waals surface area contributed by atoms with Gasteiger partial charge in [-0.2, -0.15) is 0 Å². The van der Waals surface area contributed by atoms with Gasteiger partial charge >= 0.3 is 0 Å². The highest BCUT2D eigenvalue weighted by Gasteiger charge is 1.92. The Hall–Kier alpha value is -0.0800. The summed E-state index contributed by atoms with van der Waals surface area (Å²) in [6, 6.07) is 0. The summed E-state index contributed by atoms with van der Waals surface area (Å²) < 4.78 is 4.83. The Bertz CT molecular complexity index is 19.1. The molecule has 0 aromatic heterocycles. The summed E-state index contributed by atoms with van der Waals surface area (Å²) in [7, 11) is 0. The molecule has 2 heteroatoms. The number of hydrogen-bond donors (Lipinski definition) is 1. The van der Waals surface area contributed by atoms with Crippen LogP contribution in [0.1, 0.15) is 7.43 Å². The van der Waals surface area contributed by atoms with Gasteiger partial charge < -0.3 is 4.74 Å². The molecule has 0 spiro atoms. The first-order chi connectivity index (χ1) is 2.50. The molecule has 2 nitrogen and oxygen atoms in total. The summed E-state index contributed by atoms with van der Waals surface area (Å²) in [5, 5.41) is 3.00. The lowest BCUT2D eigenvalue weighted by Gasteiger charge is -1.76. The van der Waals surface area contributed by atoms with E-state index in [0.717, 1.165) is 19.9 Å². The molecule has 1 saturated heterocycles. The lowest BCUT2D eigenvalue weighted by atomic mass is 10.7. The van der Waals surface area contributed by atoms with E-state index in [2.05, 4.69) is 5.32 Å². The van der Waals surface area contributed by atoms with Gasteiger partial charge in [0.2, 0.25) is 0 Å². The van der Waals surface area contributed by atoms with Crippen molar-refractivity contribution in [3.63, 3.8) is 0 Å². The van der Waals surface area contributed by atoms with Crippen LogP contribution in [0.3, 0.4) is 0 Å². The van der Waals surface area contributed by atoms with Crippen LogP contribution in [0, 0.1) is 0 Å². The summed E-state index contributed by atoms with van der Waals surface area (Å²) in [5.41, 5.74) is 0. The highest BCUT2D eigenvalue weighted by Crippen LogP contribution is 1.75. The van der Waals surface area contributed by atoms with Crippen molar-refractivity contribution in [2.75, 3.05) is 19.9 Å². The van der Waals surface area contributed by atoms with Gasteiger partial charge in [-0.1, -0.05) is 7.43 Å². The highest BCUT2D eigenvalue weighted by molar-refractivity contribution is 4.43. The van der Waals surface area contributed by atoms with E-state index in [1.54, 1.807) is 0 Å². The highest BCUT2D eigenvalue weighted by atomic mass is 16.5. The van der Waals surface area contributed by atoms with E-state index in [1.807, 2.05) is 0 Å². The first-order valence-corrected chi connectivity index (χ1v) is 1.78. The molecule has 38 valence electrons. The van der Waals surface area contributed by atoms with Gasteiger partial charge in [-0.05, 0) is 0 Å². The van der Waals surface area contributed by atoms with E-state index >= 15 is 0 Å². The fraction of sp³-hybridized carbons (Fsp3) is 1.00. The lowest BCUT2D eigenvalue weighted by Crippen LogP contribution is -2.05. The molecule has 0 bridgehead atoms. The number of rotatable bonds is 0. The summed E-state index contributed by atoms with van der Waals surface area (Å²) >= 11 is 0. The van der Waals surface area contributed by atoms with Gasteiger partial charge in [0.1, 0.15) is 0 Å². The van der Waals surface area contributed by atoms with Crippen molar-refractivity contribution in [3.05, 3.63) is 0 Å². The van der Waals surface area contributed by atoms with Crippen LogP contribution in [0.15, 0.2) is 0 Å². The molecule has 1 rings (SSSR count). The van der Waals surface area contributed by atoms with Crippen LogP contribution >= 0.6 is 0 Å². The summed E-state index contributed by atoms with van der Waals surface area (Å²) in [5.74, 6) is 0. The van der Waals surface area contributed by atoms with Crippen LogP contribution in [0.25, 0.3) is 0 Å². The SMILES string of the molecule is C.C1COCN1. The lowest BCUT2D eigenvalue weighted by molar-refractivity contribution is 0.194. The molecular weight excluding hydrogens is 78.1 g/mol. The molecule has 6 heavy (non-hydrogen) atoms. The van der Waals surface area contributed by atoms with Crippen molar-refractivity contribution >= 4 is 0 Å². The average Bonchev–Trinajstić information content (AvgIpc) is 1.76. The van der Waals surface area contributed by atoms with Crippen molar-refractivity contribution < 1.29 is 4.74 Å². The first kappa shape index (κ1) is 5.92. The molecule has 0 aromatic rings. The predicted octanol–water partition coefficient (Wildman–Crippen LogP) is 0.200. The Morgan fingerprint density at radius 2 is 2.33 bits per heavy atom. The van der Waals surface area contributed by atoms with E-state index in [9.17, 15) is 0 Å². The second-order valence-electron chi connectivity index (χ2n) is 1.05. The minimum Gasteiger partial charge on any atom is -0.365 e. The molecule has 1 aliphatic rings. The molecule has 0 aromatic carbocycles. The number of hydrogen-bond acceptors (Lipinski definition) is 2. The second kappa shape index (κ2) is 3.12. The second-order valence-corrected chi connectivity index (χ2v) is 1.05. The maximum Gasteiger partial charge on any atom is 0.0966 e. The molecular formula is C4H11NO. The van der Waals surface area contributed by atoms with Gasteiger partial charge in [0.05, 0.1) is 13.3 Å². The Balaban J connectivity index is 0.000000250. The van der Waals surface area contributed by atoms with Gasteiger partial charge in [-0.25, -0.2) is 0 Å². The van der Waals surface area contributed by atoms with Gasteiger partial charge in [0.15, 0.2) is 0 Å². The van der Waals surface area contributed by atoms with Gasteiger partial charge in [0.25, 0.3) is 0 Å². The maximum absolute atomic E-state index is 4.83. The molecule has 0 atom stereocenters. The summed E-state index contributed by atoms with van der Waals surface area (Å²) in [6.45, 7) is 2.67. The average molecular weight is 89.1 g/mol. The topological polar surface area (TPSA) is 21.3 Å². The molecule has 0 amide bonds. The Labute approximate surface area is 38.5 Å². The zero-order chi connectivity index (χ0) is 3.54. The van der Waals surface area contributed by atoms with E-state index in [0.29, 0.717) is 0 Å². The number of ether oxygens (including phenoxy) is 1. The molecule has 0 aliphatic carbocycles. The van der Waals surface area contributed by atoms with E-state index in [-0.39, 0.29) is 7.43 Å². The maximum atomic E-state index is 4.83. The fourth-order valence-corrected chi connectivity index (χ4v) is 0.361. The number of nitrogens with one attached hydrogen (secondary N) is 1. The fourth-order valence-electron chi connectivity index (χ4n) is 0.361. The molecule has 1 heterocycles. The van der Waals surface area contributed by atoms with Crippen molar-refractivity contribution in [1.29, 1.82) is 0 Å². The smallest absolute Gasteiger partial charge is 0.0966 e. The third-order valence-electron chi connectivity index (χ3n) is 0.627. The molecule has 0 saturated carbocycles. The van der Waals surface area contributed by atoms with Crippen molar-refractivity contribution in [2.45, 2.75) is 7.43 Å². The summed E-state index contributed by atoms with van der Waals surface area (Å²) in [4.78, 5) is 0. The zero-order valence-corrected chi connectivity index (χ0v) is 3.03. The largest absolute Gasteiger partial charge is 0.365 e. The van der Waals surface area contributed by atoms with Gasteiger partial charge in [-0.15, -0.1) is 0 Å². The van der Waals surface area contributed by atoms with Crippen LogP contribution in [-0.4, -0.2) is 19.9 Å². The quantitative estimate of drug-likeness (QED) is 0.457. The molecule has 1 N–H and O–H groups in total. The molecule has 0 radical (unpaired) electrons. The predicted molar refractivity (Wildman–Crippen MR) is 25.6 cm³/mol. The van der Waals surface area contributed by atoms with Crippen molar-refractivity contribution in [2.24, 2.45) is 0 Å². The zero-order valence-electron chi connectivity index (χ0n) is 3.03. The van der Waals surface area contributed by atoms with Crippen LogP contribution < -0.4 is 5.32 Å². The monoisotopic (exact) mass is 89.1 g/mol. The molecule has 0 unspecified atom stereocenters. The van der Waals surface area contributed by atoms with Crippen LogP contribution in [-0.2, 0) is 4.74 Å². The Kier molecular flexibility index (Phi) is 3.08. The standard InChI is InChI=1S/C3H7NO.CH4/c1-2-5-3-4-1;/h4H,1-3H2;1H4. The van der Waals surface area contributed by atoms with E-state index in [1.165, 1.54) is 0 Å². The van der Waals surface area contributed by atoms with Gasteiger partial charge in [-0.3, -0.25) is 5.32 Å². The molecule has 1 fully saturated rings. The first-order valence-electron chi connectivity index (χ1n) is 1.78. The van der Waals surface area contributed by atoms with E-state index < -0.39 is 0 Å². The Morgan fingerprint density at radius 3 is 2.50 bits per heavy atom. The van der Waals surface area contributed by atoms with E-state index in [4.69, 9.17) is 4.74 Å². The Morgan fingerprint density at radius 1 is 1.50 bits per heavy atom. The van der Waals surface area contributed by atoms with Crippen LogP contribution in [0.2, 0.25) is 0 Å². The van der Waals surface area contributed by atoms with Crippen LogP contribution in [0.4, 0.5) is 0 Å². The molecule has 1 aliphatic heterocycles. The van der Waals surface area contributed by atoms with Crippen molar-refractivity contribution in [1.82, 2.24) is 5.32 Å². The summed E-state index contributed by atoms with van der Waals surface area (Å²) in [6.07, 6.45) is 0. The third kappa shape index (κ3) is 1.38. The minimum atomic E-state index is 0. The normalized spacial score (nSPS) is 20.0. The third-order valence-corrected chi connectivity index (χ3v) is 0.627. The van der Waals surface area contributed by atoms with Crippen molar-refractivity contribution in [3.8, 4) is 0 Å².